The Labute approximate surface area is 98.6 Å². The smallest absolute Gasteiger partial charge is 0.126 e. The molecule has 1 aliphatic carbocycles. The standard InChI is InChI=1S/C11H16BrN3/c12-8-5-6-11(14-7-8)15-10-4-2-1-3-9(10)13/h5-7,9-10H,1-4,13H2,(H,14,15)/t9-,10+/m0/s1. The van der Waals surface area contributed by atoms with Crippen molar-refractivity contribution in [2.75, 3.05) is 5.32 Å². The third kappa shape index (κ3) is 2.92. The van der Waals surface area contributed by atoms with Crippen LogP contribution in [-0.4, -0.2) is 17.1 Å². The first-order valence-electron chi connectivity index (χ1n) is 5.39. The van der Waals surface area contributed by atoms with Gasteiger partial charge in [0, 0.05) is 22.8 Å². The summed E-state index contributed by atoms with van der Waals surface area (Å²) in [6, 6.07) is 4.62. The van der Waals surface area contributed by atoms with Crippen molar-refractivity contribution in [3.05, 3.63) is 22.8 Å². The summed E-state index contributed by atoms with van der Waals surface area (Å²) in [5.41, 5.74) is 6.06. The van der Waals surface area contributed by atoms with Crippen molar-refractivity contribution in [2.24, 2.45) is 5.73 Å². The van der Waals surface area contributed by atoms with Gasteiger partial charge in [-0.3, -0.25) is 0 Å². The SMILES string of the molecule is N[C@H]1CCCC[C@H]1Nc1ccc(Br)cn1. The lowest BCUT2D eigenvalue weighted by Crippen LogP contribution is -2.42. The van der Waals surface area contributed by atoms with Crippen LogP contribution in [0.5, 0.6) is 0 Å². The van der Waals surface area contributed by atoms with Crippen molar-refractivity contribution in [3.63, 3.8) is 0 Å². The van der Waals surface area contributed by atoms with Crippen LogP contribution in [0, 0.1) is 0 Å². The Morgan fingerprint density at radius 2 is 2.13 bits per heavy atom. The molecule has 1 heterocycles. The first-order chi connectivity index (χ1) is 7.25. The molecule has 0 aliphatic heterocycles. The van der Waals surface area contributed by atoms with Crippen molar-refractivity contribution in [1.29, 1.82) is 0 Å². The topological polar surface area (TPSA) is 50.9 Å². The first-order valence-corrected chi connectivity index (χ1v) is 6.18. The van der Waals surface area contributed by atoms with Crippen molar-refractivity contribution in [3.8, 4) is 0 Å². The molecule has 0 aromatic carbocycles. The number of rotatable bonds is 2. The highest BCUT2D eigenvalue weighted by atomic mass is 79.9. The summed E-state index contributed by atoms with van der Waals surface area (Å²) < 4.78 is 1.00. The Morgan fingerprint density at radius 3 is 2.80 bits per heavy atom. The Hall–Kier alpha value is -0.610. The van der Waals surface area contributed by atoms with E-state index in [-0.39, 0.29) is 6.04 Å². The van der Waals surface area contributed by atoms with E-state index in [4.69, 9.17) is 5.73 Å². The summed E-state index contributed by atoms with van der Waals surface area (Å²) in [5, 5.41) is 3.40. The molecule has 15 heavy (non-hydrogen) atoms. The van der Waals surface area contributed by atoms with Crippen molar-refractivity contribution in [2.45, 2.75) is 37.8 Å². The van der Waals surface area contributed by atoms with Crippen molar-refractivity contribution >= 4 is 21.7 Å². The summed E-state index contributed by atoms with van der Waals surface area (Å²) in [6.07, 6.45) is 6.60. The minimum Gasteiger partial charge on any atom is -0.366 e. The van der Waals surface area contributed by atoms with Gasteiger partial charge in [0.1, 0.15) is 5.82 Å². The van der Waals surface area contributed by atoms with Gasteiger partial charge in [-0.25, -0.2) is 4.98 Å². The van der Waals surface area contributed by atoms with Crippen LogP contribution in [0.3, 0.4) is 0 Å². The molecule has 1 saturated carbocycles. The maximum absolute atomic E-state index is 6.06. The molecule has 4 heteroatoms. The quantitative estimate of drug-likeness (QED) is 0.868. The first kappa shape index (κ1) is 10.9. The zero-order valence-electron chi connectivity index (χ0n) is 8.62. The van der Waals surface area contributed by atoms with Crippen LogP contribution in [0.25, 0.3) is 0 Å². The Bertz CT molecular complexity index is 312. The highest BCUT2D eigenvalue weighted by molar-refractivity contribution is 9.10. The molecule has 1 aromatic rings. The number of hydrogen-bond donors (Lipinski definition) is 2. The highest BCUT2D eigenvalue weighted by Crippen LogP contribution is 2.20. The van der Waals surface area contributed by atoms with Crippen LogP contribution in [0.15, 0.2) is 22.8 Å². The largest absolute Gasteiger partial charge is 0.366 e. The molecule has 1 aromatic heterocycles. The summed E-state index contributed by atoms with van der Waals surface area (Å²) in [7, 11) is 0. The van der Waals surface area contributed by atoms with E-state index in [9.17, 15) is 0 Å². The molecule has 0 amide bonds. The minimum atomic E-state index is 0.268. The summed E-state index contributed by atoms with van der Waals surface area (Å²) in [6.45, 7) is 0. The number of anilines is 1. The third-order valence-electron chi connectivity index (χ3n) is 2.88. The van der Waals surface area contributed by atoms with Crippen LogP contribution in [-0.2, 0) is 0 Å². The fourth-order valence-electron chi connectivity index (χ4n) is 1.99. The minimum absolute atomic E-state index is 0.268. The molecular weight excluding hydrogens is 254 g/mol. The van der Waals surface area contributed by atoms with E-state index in [0.29, 0.717) is 6.04 Å². The number of pyridine rings is 1. The lowest BCUT2D eigenvalue weighted by molar-refractivity contribution is 0.403. The molecule has 2 atom stereocenters. The third-order valence-corrected chi connectivity index (χ3v) is 3.35. The van der Waals surface area contributed by atoms with Crippen LogP contribution in [0.2, 0.25) is 0 Å². The molecule has 0 unspecified atom stereocenters. The lowest BCUT2D eigenvalue weighted by atomic mass is 9.91. The molecule has 0 radical (unpaired) electrons. The number of nitrogens with two attached hydrogens (primary N) is 1. The average molecular weight is 270 g/mol. The van der Waals surface area contributed by atoms with Gasteiger partial charge in [0.25, 0.3) is 0 Å². The molecule has 0 saturated heterocycles. The number of halogens is 1. The van der Waals surface area contributed by atoms with E-state index in [0.717, 1.165) is 23.1 Å². The van der Waals surface area contributed by atoms with Crippen LogP contribution in [0.1, 0.15) is 25.7 Å². The van der Waals surface area contributed by atoms with Gasteiger partial charge in [0.15, 0.2) is 0 Å². The van der Waals surface area contributed by atoms with Gasteiger partial charge in [0.05, 0.1) is 0 Å². The fourth-order valence-corrected chi connectivity index (χ4v) is 2.22. The van der Waals surface area contributed by atoms with Gasteiger partial charge in [-0.15, -0.1) is 0 Å². The Morgan fingerprint density at radius 1 is 1.33 bits per heavy atom. The second-order valence-electron chi connectivity index (χ2n) is 4.06. The van der Waals surface area contributed by atoms with E-state index in [1.165, 1.54) is 12.8 Å². The molecule has 1 aliphatic rings. The number of aromatic nitrogens is 1. The predicted molar refractivity (Wildman–Crippen MR) is 65.8 cm³/mol. The normalized spacial score (nSPS) is 26.3. The fraction of sp³-hybridized carbons (Fsp3) is 0.545. The second kappa shape index (κ2) is 4.94. The van der Waals surface area contributed by atoms with E-state index < -0.39 is 0 Å². The van der Waals surface area contributed by atoms with Gasteiger partial charge in [-0.2, -0.15) is 0 Å². The van der Waals surface area contributed by atoms with Gasteiger partial charge < -0.3 is 11.1 Å². The molecule has 3 nitrogen and oxygen atoms in total. The molecule has 0 spiro atoms. The van der Waals surface area contributed by atoms with E-state index in [2.05, 4.69) is 26.2 Å². The maximum Gasteiger partial charge on any atom is 0.126 e. The number of hydrogen-bond acceptors (Lipinski definition) is 3. The molecular formula is C11H16BrN3. The molecule has 0 bridgehead atoms. The van der Waals surface area contributed by atoms with E-state index in [1.54, 1.807) is 6.20 Å². The lowest BCUT2D eigenvalue weighted by Gasteiger charge is -2.29. The Balaban J connectivity index is 1.98. The number of nitrogens with one attached hydrogen (secondary N) is 1. The van der Waals surface area contributed by atoms with Gasteiger partial charge in [-0.05, 0) is 40.9 Å². The van der Waals surface area contributed by atoms with E-state index >= 15 is 0 Å². The van der Waals surface area contributed by atoms with Gasteiger partial charge >= 0.3 is 0 Å². The molecule has 2 rings (SSSR count). The average Bonchev–Trinajstić information content (AvgIpc) is 2.25. The van der Waals surface area contributed by atoms with Crippen LogP contribution in [0.4, 0.5) is 5.82 Å². The highest BCUT2D eigenvalue weighted by Gasteiger charge is 2.21. The zero-order chi connectivity index (χ0) is 10.7. The predicted octanol–water partition coefficient (Wildman–Crippen LogP) is 2.53. The van der Waals surface area contributed by atoms with Crippen molar-refractivity contribution in [1.82, 2.24) is 4.98 Å². The second-order valence-corrected chi connectivity index (χ2v) is 4.98. The Kier molecular flexibility index (Phi) is 3.59. The van der Waals surface area contributed by atoms with Gasteiger partial charge in [0.2, 0.25) is 0 Å². The van der Waals surface area contributed by atoms with Crippen LogP contribution >= 0.6 is 15.9 Å². The zero-order valence-corrected chi connectivity index (χ0v) is 10.2. The van der Waals surface area contributed by atoms with Crippen molar-refractivity contribution < 1.29 is 0 Å². The van der Waals surface area contributed by atoms with E-state index in [1.807, 2.05) is 12.1 Å². The van der Waals surface area contributed by atoms with Gasteiger partial charge in [-0.1, -0.05) is 12.8 Å². The van der Waals surface area contributed by atoms with Crippen LogP contribution < -0.4 is 11.1 Å². The monoisotopic (exact) mass is 269 g/mol. The summed E-state index contributed by atoms with van der Waals surface area (Å²) in [4.78, 5) is 4.29. The maximum atomic E-state index is 6.06. The molecule has 1 fully saturated rings. The molecule has 3 N–H and O–H groups in total. The number of nitrogens with zero attached hydrogens (tertiary/aromatic N) is 1. The summed E-state index contributed by atoms with van der Waals surface area (Å²) in [5.74, 6) is 0.917. The summed E-state index contributed by atoms with van der Waals surface area (Å²) >= 11 is 3.37. The molecule has 82 valence electrons.